The Labute approximate surface area is 143 Å². The van der Waals surface area contributed by atoms with Gasteiger partial charge < -0.3 is 5.32 Å². The summed E-state index contributed by atoms with van der Waals surface area (Å²) in [4.78, 5) is 17.7. The predicted octanol–water partition coefficient (Wildman–Crippen LogP) is 4.76. The quantitative estimate of drug-likeness (QED) is 0.553. The zero-order valence-corrected chi connectivity index (χ0v) is 14.6. The second kappa shape index (κ2) is 6.80. The van der Waals surface area contributed by atoms with E-state index in [0.29, 0.717) is 11.4 Å². The summed E-state index contributed by atoms with van der Waals surface area (Å²) in [6.45, 7) is 5.96. The number of benzene rings is 1. The van der Waals surface area contributed by atoms with Gasteiger partial charge in [0.15, 0.2) is 5.82 Å². The maximum absolute atomic E-state index is 12.2. The number of carbonyl (C=O) groups is 1. The van der Waals surface area contributed by atoms with Crippen LogP contribution in [0.2, 0.25) is 0 Å². The van der Waals surface area contributed by atoms with Gasteiger partial charge in [-0.25, -0.2) is 4.98 Å². The fourth-order valence-corrected chi connectivity index (χ4v) is 3.48. The van der Waals surface area contributed by atoms with Gasteiger partial charge in [-0.2, -0.15) is 5.10 Å². The molecule has 0 aliphatic rings. The van der Waals surface area contributed by atoms with E-state index in [9.17, 15) is 4.79 Å². The molecule has 4 aromatic rings. The van der Waals surface area contributed by atoms with Gasteiger partial charge in [0.05, 0.1) is 10.2 Å². The van der Waals surface area contributed by atoms with Gasteiger partial charge in [-0.05, 0) is 31.2 Å². The highest BCUT2D eigenvalue weighted by Gasteiger charge is 2.16. The highest BCUT2D eigenvalue weighted by atomic mass is 32.1. The summed E-state index contributed by atoms with van der Waals surface area (Å²) in [7, 11) is 0. The molecule has 0 saturated heterocycles. The largest absolute Gasteiger partial charge is 0.304 e. The van der Waals surface area contributed by atoms with Crippen molar-refractivity contribution in [3.8, 4) is 0 Å². The number of rotatable bonds is 2. The zero-order chi connectivity index (χ0) is 17.1. The summed E-state index contributed by atoms with van der Waals surface area (Å²) in [6.07, 6.45) is 0. The Balaban J connectivity index is 0.000000815. The number of nitrogens with one attached hydrogen (secondary N) is 2. The Kier molecular flexibility index (Phi) is 4.57. The molecular weight excluding hydrogens is 320 g/mol. The van der Waals surface area contributed by atoms with Crippen LogP contribution in [0.4, 0.5) is 5.82 Å². The van der Waals surface area contributed by atoms with Crippen molar-refractivity contribution in [1.82, 2.24) is 15.2 Å². The van der Waals surface area contributed by atoms with E-state index >= 15 is 0 Å². The molecule has 0 atom stereocenters. The van der Waals surface area contributed by atoms with Gasteiger partial charge in [0.1, 0.15) is 4.83 Å². The molecule has 0 bridgehead atoms. The number of aromatic amines is 1. The number of aromatic nitrogens is 3. The number of aryl methyl sites for hydroxylation is 1. The van der Waals surface area contributed by atoms with Crippen molar-refractivity contribution in [1.29, 1.82) is 0 Å². The first-order valence-corrected chi connectivity index (χ1v) is 8.64. The van der Waals surface area contributed by atoms with E-state index in [-0.39, 0.29) is 5.91 Å². The molecule has 3 aromatic heterocycles. The van der Waals surface area contributed by atoms with E-state index in [0.717, 1.165) is 26.1 Å². The predicted molar refractivity (Wildman–Crippen MR) is 99.8 cm³/mol. The van der Waals surface area contributed by atoms with Crippen molar-refractivity contribution in [3.05, 3.63) is 53.7 Å². The smallest absolute Gasteiger partial charge is 0.256 e. The Bertz CT molecular complexity index is 988. The molecule has 3 heterocycles. The molecule has 122 valence electrons. The molecule has 0 unspecified atom stereocenters. The van der Waals surface area contributed by atoms with Crippen LogP contribution in [-0.2, 0) is 0 Å². The van der Waals surface area contributed by atoms with Crippen LogP contribution in [0, 0.1) is 6.92 Å². The molecule has 0 aliphatic heterocycles. The standard InChI is InChI=1S/C16H12N4OS.C2H6/c1-9-7-8-11-12-13(22-16(11)17-9)14(20-19-12)18-15(21)10-5-3-2-4-6-10;1-2/h2-8H,1H3,(H2,18,19,20,21);1-2H3. The Morgan fingerprint density at radius 2 is 1.88 bits per heavy atom. The normalized spacial score (nSPS) is 10.5. The number of nitrogens with zero attached hydrogens (tertiary/aromatic N) is 2. The molecule has 1 amide bonds. The van der Waals surface area contributed by atoms with E-state index < -0.39 is 0 Å². The van der Waals surface area contributed by atoms with Gasteiger partial charge in [0, 0.05) is 16.6 Å². The highest BCUT2D eigenvalue weighted by molar-refractivity contribution is 7.26. The SMILES string of the molecule is CC.Cc1ccc2c(n1)sc1c(NC(=O)c3ccccc3)n[nH]c12. The molecule has 6 heteroatoms. The van der Waals surface area contributed by atoms with Crippen LogP contribution >= 0.6 is 11.3 Å². The van der Waals surface area contributed by atoms with Crippen LogP contribution in [0.3, 0.4) is 0 Å². The molecule has 0 radical (unpaired) electrons. The third-order valence-corrected chi connectivity index (χ3v) is 4.56. The molecule has 0 fully saturated rings. The van der Waals surface area contributed by atoms with Gasteiger partial charge in [0.25, 0.3) is 5.91 Å². The number of carbonyl (C=O) groups excluding carboxylic acids is 1. The van der Waals surface area contributed by atoms with Crippen LogP contribution < -0.4 is 5.32 Å². The minimum Gasteiger partial charge on any atom is -0.304 e. The minimum atomic E-state index is -0.171. The molecule has 0 aliphatic carbocycles. The highest BCUT2D eigenvalue weighted by Crippen LogP contribution is 2.35. The first kappa shape index (κ1) is 16.1. The van der Waals surface area contributed by atoms with E-state index in [1.165, 1.54) is 11.3 Å². The fourth-order valence-electron chi connectivity index (χ4n) is 2.37. The van der Waals surface area contributed by atoms with E-state index in [1.54, 1.807) is 12.1 Å². The fraction of sp³-hybridized carbons (Fsp3) is 0.167. The van der Waals surface area contributed by atoms with Gasteiger partial charge in [-0.1, -0.05) is 32.0 Å². The Hall–Kier alpha value is -2.73. The molecular formula is C18H18N4OS. The van der Waals surface area contributed by atoms with Crippen molar-refractivity contribution < 1.29 is 4.79 Å². The lowest BCUT2D eigenvalue weighted by Crippen LogP contribution is -2.11. The Morgan fingerprint density at radius 3 is 2.62 bits per heavy atom. The molecule has 24 heavy (non-hydrogen) atoms. The van der Waals surface area contributed by atoms with E-state index in [4.69, 9.17) is 0 Å². The number of hydrogen-bond donors (Lipinski definition) is 2. The van der Waals surface area contributed by atoms with Gasteiger partial charge in [-0.3, -0.25) is 9.89 Å². The van der Waals surface area contributed by atoms with E-state index in [2.05, 4.69) is 20.5 Å². The third-order valence-electron chi connectivity index (χ3n) is 3.46. The lowest BCUT2D eigenvalue weighted by atomic mass is 10.2. The van der Waals surface area contributed by atoms with Crippen LogP contribution in [0.15, 0.2) is 42.5 Å². The number of thiophene rings is 1. The number of hydrogen-bond acceptors (Lipinski definition) is 4. The van der Waals surface area contributed by atoms with E-state index in [1.807, 2.05) is 51.1 Å². The molecule has 0 spiro atoms. The Morgan fingerprint density at radius 1 is 1.12 bits per heavy atom. The molecule has 2 N–H and O–H groups in total. The van der Waals surface area contributed by atoms with Crippen LogP contribution in [0.1, 0.15) is 29.9 Å². The van der Waals surface area contributed by atoms with Gasteiger partial charge >= 0.3 is 0 Å². The summed E-state index contributed by atoms with van der Waals surface area (Å²) >= 11 is 1.53. The van der Waals surface area contributed by atoms with Crippen molar-refractivity contribution >= 4 is 43.5 Å². The molecule has 5 nitrogen and oxygen atoms in total. The van der Waals surface area contributed by atoms with Crippen molar-refractivity contribution in [3.63, 3.8) is 0 Å². The topological polar surface area (TPSA) is 70.7 Å². The summed E-state index contributed by atoms with van der Waals surface area (Å²) < 4.78 is 0.914. The van der Waals surface area contributed by atoms with Crippen molar-refractivity contribution in [2.24, 2.45) is 0 Å². The first-order valence-electron chi connectivity index (χ1n) is 7.83. The third kappa shape index (κ3) is 2.88. The first-order chi connectivity index (χ1) is 11.7. The number of fused-ring (bicyclic) bond motifs is 3. The lowest BCUT2D eigenvalue weighted by Gasteiger charge is -2.01. The monoisotopic (exact) mass is 338 g/mol. The zero-order valence-electron chi connectivity index (χ0n) is 13.8. The second-order valence-corrected chi connectivity index (χ2v) is 6.00. The van der Waals surface area contributed by atoms with Gasteiger partial charge in [0.2, 0.25) is 0 Å². The lowest BCUT2D eigenvalue weighted by molar-refractivity contribution is 0.102. The molecule has 4 rings (SSSR count). The number of amides is 1. The second-order valence-electron chi connectivity index (χ2n) is 5.00. The molecule has 1 aromatic carbocycles. The molecule has 0 saturated carbocycles. The maximum atomic E-state index is 12.2. The van der Waals surface area contributed by atoms with Crippen molar-refractivity contribution in [2.75, 3.05) is 5.32 Å². The summed E-state index contributed by atoms with van der Waals surface area (Å²) in [6, 6.07) is 13.1. The number of anilines is 1. The average Bonchev–Trinajstić information content (AvgIpc) is 3.16. The van der Waals surface area contributed by atoms with Crippen LogP contribution in [0.5, 0.6) is 0 Å². The summed E-state index contributed by atoms with van der Waals surface area (Å²) in [5.41, 5.74) is 2.49. The van der Waals surface area contributed by atoms with Crippen LogP contribution in [-0.4, -0.2) is 21.1 Å². The maximum Gasteiger partial charge on any atom is 0.256 e. The number of pyridine rings is 1. The van der Waals surface area contributed by atoms with Crippen LogP contribution in [0.25, 0.3) is 20.4 Å². The summed E-state index contributed by atoms with van der Waals surface area (Å²) in [5, 5.41) is 11.1. The van der Waals surface area contributed by atoms with Crippen molar-refractivity contribution in [2.45, 2.75) is 20.8 Å². The average molecular weight is 338 g/mol. The van der Waals surface area contributed by atoms with Gasteiger partial charge in [-0.15, -0.1) is 11.3 Å². The summed E-state index contributed by atoms with van der Waals surface area (Å²) in [5.74, 6) is 0.375. The number of H-pyrrole nitrogens is 1. The minimum absolute atomic E-state index is 0.171.